The normalized spacial score (nSPS) is 33.5. The highest BCUT2D eigenvalue weighted by Crippen LogP contribution is 2.29. The second kappa shape index (κ2) is 7.11. The van der Waals surface area contributed by atoms with Crippen molar-refractivity contribution < 1.29 is 19.4 Å². The van der Waals surface area contributed by atoms with Crippen molar-refractivity contribution in [1.29, 1.82) is 0 Å². The summed E-state index contributed by atoms with van der Waals surface area (Å²) >= 11 is 0. The highest BCUT2D eigenvalue weighted by atomic mass is 16.5. The van der Waals surface area contributed by atoms with E-state index in [0.29, 0.717) is 31.6 Å². The van der Waals surface area contributed by atoms with Crippen molar-refractivity contribution in [2.24, 2.45) is 11.8 Å². The summed E-state index contributed by atoms with van der Waals surface area (Å²) in [4.78, 5) is 24.9. The van der Waals surface area contributed by atoms with E-state index in [1.165, 1.54) is 0 Å². The summed E-state index contributed by atoms with van der Waals surface area (Å²) in [5.41, 5.74) is 0. The molecule has 0 bridgehead atoms. The van der Waals surface area contributed by atoms with E-state index in [4.69, 9.17) is 9.84 Å². The first-order valence-electron chi connectivity index (χ1n) is 7.84. The molecule has 2 N–H and O–H groups in total. The van der Waals surface area contributed by atoms with Crippen LogP contribution in [0.3, 0.4) is 0 Å². The summed E-state index contributed by atoms with van der Waals surface area (Å²) in [6.07, 6.45) is 3.07. The molecule has 1 saturated carbocycles. The van der Waals surface area contributed by atoms with Gasteiger partial charge in [0.15, 0.2) is 0 Å². The van der Waals surface area contributed by atoms with Crippen LogP contribution in [0.25, 0.3) is 0 Å². The quantitative estimate of drug-likeness (QED) is 0.831. The molecule has 0 aromatic carbocycles. The minimum Gasteiger partial charge on any atom is -0.481 e. The largest absolute Gasteiger partial charge is 0.481 e. The third-order valence-electron chi connectivity index (χ3n) is 4.82. The number of aliphatic carboxylic acids is 1. The van der Waals surface area contributed by atoms with Crippen LogP contribution in [0, 0.1) is 11.8 Å². The van der Waals surface area contributed by atoms with Crippen LogP contribution in [-0.4, -0.2) is 53.8 Å². The second-order valence-corrected chi connectivity index (χ2v) is 6.43. The van der Waals surface area contributed by atoms with Gasteiger partial charge in [0.05, 0.1) is 25.7 Å². The molecule has 4 atom stereocenters. The molecule has 21 heavy (non-hydrogen) atoms. The average Bonchev–Trinajstić information content (AvgIpc) is 2.43. The van der Waals surface area contributed by atoms with Crippen molar-refractivity contribution in [3.63, 3.8) is 0 Å². The number of nitrogens with zero attached hydrogens (tertiary/aromatic N) is 1. The van der Waals surface area contributed by atoms with Gasteiger partial charge >= 0.3 is 12.0 Å². The van der Waals surface area contributed by atoms with Gasteiger partial charge < -0.3 is 20.1 Å². The molecule has 2 fully saturated rings. The number of carboxylic acid groups (broad SMARTS) is 1. The van der Waals surface area contributed by atoms with Gasteiger partial charge in [-0.05, 0) is 31.1 Å². The Morgan fingerprint density at radius 1 is 1.29 bits per heavy atom. The first-order valence-corrected chi connectivity index (χ1v) is 7.84. The van der Waals surface area contributed by atoms with Crippen LogP contribution >= 0.6 is 0 Å². The van der Waals surface area contributed by atoms with Gasteiger partial charge in [0.1, 0.15) is 0 Å². The second-order valence-electron chi connectivity index (χ2n) is 6.43. The molecular weight excluding hydrogens is 272 g/mol. The number of urea groups is 1. The molecule has 2 amide bonds. The first-order chi connectivity index (χ1) is 9.97. The predicted octanol–water partition coefficient (Wildman–Crippen LogP) is 1.70. The average molecular weight is 298 g/mol. The van der Waals surface area contributed by atoms with Crippen molar-refractivity contribution in [2.45, 2.75) is 51.6 Å². The third kappa shape index (κ3) is 4.33. The van der Waals surface area contributed by atoms with Crippen LogP contribution in [0.4, 0.5) is 4.79 Å². The molecule has 6 nitrogen and oxygen atoms in total. The van der Waals surface area contributed by atoms with E-state index < -0.39 is 5.97 Å². The Bertz CT molecular complexity index is 388. The standard InChI is InChI=1S/C15H26N2O4/c1-10-3-4-12(7-11(10)2)16-15(20)17-5-6-21-9-13(17)8-14(18)19/h10-13H,3-9H2,1-2H3,(H,16,20)(H,18,19). The molecule has 1 aliphatic heterocycles. The van der Waals surface area contributed by atoms with E-state index in [1.807, 2.05) is 0 Å². The van der Waals surface area contributed by atoms with Crippen LogP contribution in [-0.2, 0) is 9.53 Å². The van der Waals surface area contributed by atoms with E-state index >= 15 is 0 Å². The molecule has 2 aliphatic rings. The number of carboxylic acids is 1. The smallest absolute Gasteiger partial charge is 0.318 e. The molecule has 1 heterocycles. The fraction of sp³-hybridized carbons (Fsp3) is 0.867. The van der Waals surface area contributed by atoms with E-state index in [1.54, 1.807) is 4.90 Å². The highest BCUT2D eigenvalue weighted by Gasteiger charge is 2.32. The van der Waals surface area contributed by atoms with Crippen LogP contribution in [0.2, 0.25) is 0 Å². The molecular formula is C15H26N2O4. The van der Waals surface area contributed by atoms with Gasteiger partial charge in [0.2, 0.25) is 0 Å². The van der Waals surface area contributed by atoms with Crippen LogP contribution in [0.5, 0.6) is 0 Å². The van der Waals surface area contributed by atoms with Crippen LogP contribution < -0.4 is 5.32 Å². The van der Waals surface area contributed by atoms with Gasteiger partial charge in [0.25, 0.3) is 0 Å². The Morgan fingerprint density at radius 3 is 2.71 bits per heavy atom. The molecule has 0 aromatic heterocycles. The zero-order valence-electron chi connectivity index (χ0n) is 12.9. The Labute approximate surface area is 125 Å². The lowest BCUT2D eigenvalue weighted by atomic mass is 9.79. The number of hydrogen-bond acceptors (Lipinski definition) is 3. The molecule has 2 rings (SSSR count). The predicted molar refractivity (Wildman–Crippen MR) is 78.1 cm³/mol. The maximum atomic E-state index is 12.4. The summed E-state index contributed by atoms with van der Waals surface area (Å²) in [7, 11) is 0. The lowest BCUT2D eigenvalue weighted by Gasteiger charge is -2.38. The van der Waals surface area contributed by atoms with Gasteiger partial charge in [-0.25, -0.2) is 4.79 Å². The SMILES string of the molecule is CC1CCC(NC(=O)N2CCOCC2CC(=O)O)CC1C. The van der Waals surface area contributed by atoms with Crippen molar-refractivity contribution in [3.8, 4) is 0 Å². The molecule has 1 saturated heterocycles. The number of morpholine rings is 1. The Morgan fingerprint density at radius 2 is 2.05 bits per heavy atom. The zero-order valence-corrected chi connectivity index (χ0v) is 12.9. The van der Waals surface area contributed by atoms with E-state index in [2.05, 4.69) is 19.2 Å². The van der Waals surface area contributed by atoms with Gasteiger partial charge in [-0.2, -0.15) is 0 Å². The molecule has 120 valence electrons. The number of carbonyl (C=O) groups is 2. The van der Waals surface area contributed by atoms with Crippen molar-refractivity contribution >= 4 is 12.0 Å². The van der Waals surface area contributed by atoms with Crippen LogP contribution in [0.15, 0.2) is 0 Å². The number of hydrogen-bond donors (Lipinski definition) is 2. The van der Waals surface area contributed by atoms with Crippen molar-refractivity contribution in [1.82, 2.24) is 10.2 Å². The number of amides is 2. The van der Waals surface area contributed by atoms with Crippen molar-refractivity contribution in [2.75, 3.05) is 19.8 Å². The van der Waals surface area contributed by atoms with Gasteiger partial charge in [0, 0.05) is 12.6 Å². The maximum Gasteiger partial charge on any atom is 0.318 e. The summed E-state index contributed by atoms with van der Waals surface area (Å²) in [6, 6.07) is -0.301. The maximum absolute atomic E-state index is 12.4. The number of carbonyl (C=O) groups excluding carboxylic acids is 1. The summed E-state index contributed by atoms with van der Waals surface area (Å²) < 4.78 is 5.30. The lowest BCUT2D eigenvalue weighted by molar-refractivity contribution is -0.139. The minimum absolute atomic E-state index is 0.0640. The van der Waals surface area contributed by atoms with E-state index in [-0.39, 0.29) is 24.5 Å². The zero-order chi connectivity index (χ0) is 15.4. The minimum atomic E-state index is -0.900. The Hall–Kier alpha value is -1.30. The summed E-state index contributed by atoms with van der Waals surface area (Å²) in [6.45, 7) is 5.72. The van der Waals surface area contributed by atoms with Crippen LogP contribution in [0.1, 0.15) is 39.5 Å². The number of rotatable bonds is 3. The molecule has 0 aromatic rings. The molecule has 4 unspecified atom stereocenters. The Balaban J connectivity index is 1.90. The number of ether oxygens (including phenoxy) is 1. The van der Waals surface area contributed by atoms with Gasteiger partial charge in [-0.3, -0.25) is 4.79 Å². The lowest BCUT2D eigenvalue weighted by Crippen LogP contribution is -2.55. The number of nitrogens with one attached hydrogen (secondary N) is 1. The molecule has 6 heteroatoms. The molecule has 0 spiro atoms. The Kier molecular flexibility index (Phi) is 5.45. The first kappa shape index (κ1) is 16.1. The fourth-order valence-electron chi connectivity index (χ4n) is 3.23. The highest BCUT2D eigenvalue weighted by molar-refractivity contribution is 5.76. The van der Waals surface area contributed by atoms with Gasteiger partial charge in [-0.15, -0.1) is 0 Å². The molecule has 1 aliphatic carbocycles. The summed E-state index contributed by atoms with van der Waals surface area (Å²) in [5, 5.41) is 12.0. The summed E-state index contributed by atoms with van der Waals surface area (Å²) in [5.74, 6) is 0.424. The fourth-order valence-corrected chi connectivity index (χ4v) is 3.23. The van der Waals surface area contributed by atoms with E-state index in [9.17, 15) is 9.59 Å². The third-order valence-corrected chi connectivity index (χ3v) is 4.82. The topological polar surface area (TPSA) is 78.9 Å². The van der Waals surface area contributed by atoms with Crippen molar-refractivity contribution in [3.05, 3.63) is 0 Å². The molecule has 0 radical (unpaired) electrons. The van der Waals surface area contributed by atoms with E-state index in [0.717, 1.165) is 19.3 Å². The van der Waals surface area contributed by atoms with Gasteiger partial charge in [-0.1, -0.05) is 13.8 Å². The monoisotopic (exact) mass is 298 g/mol.